The summed E-state index contributed by atoms with van der Waals surface area (Å²) in [4.78, 5) is 42.4. The third kappa shape index (κ3) is 5.22. The number of allylic oxidation sites excluding steroid dienone is 1. The summed E-state index contributed by atoms with van der Waals surface area (Å²) in [6, 6.07) is 15.4. The van der Waals surface area contributed by atoms with Gasteiger partial charge in [0.25, 0.3) is 11.8 Å². The predicted octanol–water partition coefficient (Wildman–Crippen LogP) is 4.36. The zero-order valence-electron chi connectivity index (χ0n) is 21.2. The van der Waals surface area contributed by atoms with Crippen LogP contribution in [0.4, 0.5) is 5.69 Å². The van der Waals surface area contributed by atoms with E-state index in [4.69, 9.17) is 4.42 Å². The van der Waals surface area contributed by atoms with E-state index < -0.39 is 11.9 Å². The largest absolute Gasteiger partial charge is 0.451 e. The van der Waals surface area contributed by atoms with Crippen LogP contribution in [-0.4, -0.2) is 40.2 Å². The molecule has 3 aromatic heterocycles. The number of anilines is 1. The van der Waals surface area contributed by atoms with Crippen LogP contribution in [0, 0.1) is 12.8 Å². The van der Waals surface area contributed by atoms with Crippen molar-refractivity contribution in [3.63, 3.8) is 0 Å². The van der Waals surface area contributed by atoms with Gasteiger partial charge in [-0.1, -0.05) is 18.2 Å². The third-order valence-electron chi connectivity index (χ3n) is 6.72. The number of nitrogens with one attached hydrogen (secondary N) is 3. The molecule has 1 aromatic carbocycles. The Hall–Kier alpha value is -4.66. The highest BCUT2D eigenvalue weighted by molar-refractivity contribution is 6.03. The number of aryl methyl sites for hydroxylation is 1. The number of rotatable bonds is 7. The van der Waals surface area contributed by atoms with Gasteiger partial charge in [-0.2, -0.15) is 0 Å². The maximum atomic E-state index is 12.9. The van der Waals surface area contributed by atoms with E-state index in [1.807, 2.05) is 41.7 Å². The summed E-state index contributed by atoms with van der Waals surface area (Å²) in [5, 5.41) is 8.32. The Bertz CT molecular complexity index is 1520. The molecule has 4 aromatic rings. The van der Waals surface area contributed by atoms with Gasteiger partial charge in [0.05, 0.1) is 0 Å². The molecule has 1 aliphatic rings. The minimum absolute atomic E-state index is 0.0607. The van der Waals surface area contributed by atoms with Gasteiger partial charge < -0.3 is 24.8 Å². The molecule has 38 heavy (non-hydrogen) atoms. The lowest BCUT2D eigenvalue weighted by Crippen LogP contribution is -2.49. The molecule has 0 spiro atoms. The number of amides is 3. The van der Waals surface area contributed by atoms with Crippen LogP contribution in [0.3, 0.4) is 0 Å². The quantitative estimate of drug-likeness (QED) is 0.319. The fourth-order valence-corrected chi connectivity index (χ4v) is 4.64. The van der Waals surface area contributed by atoms with E-state index in [9.17, 15) is 14.4 Å². The summed E-state index contributed by atoms with van der Waals surface area (Å²) in [7, 11) is 1.56. The summed E-state index contributed by atoms with van der Waals surface area (Å²) in [5.74, 6) is -0.440. The van der Waals surface area contributed by atoms with Crippen molar-refractivity contribution in [1.29, 1.82) is 0 Å². The van der Waals surface area contributed by atoms with E-state index in [0.29, 0.717) is 22.8 Å². The number of carbonyl (C=O) groups is 3. The van der Waals surface area contributed by atoms with Crippen LogP contribution in [0.1, 0.15) is 46.0 Å². The van der Waals surface area contributed by atoms with Crippen molar-refractivity contribution in [2.75, 3.05) is 12.4 Å². The minimum Gasteiger partial charge on any atom is -0.451 e. The first-order valence-corrected chi connectivity index (χ1v) is 12.6. The molecule has 0 aliphatic heterocycles. The SMILES string of the molecule is CNC(=O)[C@@H](NC(=O)c1ccc(-c2ccc(NC(=O)c3cn4c(C)cccc4n3)cc2)o1)C1C=CCCC1. The van der Waals surface area contributed by atoms with E-state index in [1.165, 1.54) is 0 Å². The van der Waals surface area contributed by atoms with E-state index >= 15 is 0 Å². The Morgan fingerprint density at radius 2 is 1.87 bits per heavy atom. The molecule has 194 valence electrons. The zero-order chi connectivity index (χ0) is 26.6. The zero-order valence-corrected chi connectivity index (χ0v) is 21.2. The van der Waals surface area contributed by atoms with Crippen LogP contribution >= 0.6 is 0 Å². The first-order chi connectivity index (χ1) is 18.4. The Kier molecular flexibility index (Phi) is 7.08. The fraction of sp³-hybridized carbons (Fsp3) is 0.241. The molecule has 5 rings (SSSR count). The molecule has 9 nitrogen and oxygen atoms in total. The summed E-state index contributed by atoms with van der Waals surface area (Å²) >= 11 is 0. The van der Waals surface area contributed by atoms with Gasteiger partial charge in [-0.15, -0.1) is 0 Å². The predicted molar refractivity (Wildman–Crippen MR) is 144 cm³/mol. The second kappa shape index (κ2) is 10.8. The molecule has 0 radical (unpaired) electrons. The van der Waals surface area contributed by atoms with Gasteiger partial charge in [0.15, 0.2) is 5.76 Å². The van der Waals surface area contributed by atoms with Gasteiger partial charge in [0, 0.05) is 36.1 Å². The molecule has 2 atom stereocenters. The van der Waals surface area contributed by atoms with E-state index in [1.54, 1.807) is 49.6 Å². The topological polar surface area (TPSA) is 118 Å². The number of hydrogen-bond donors (Lipinski definition) is 3. The van der Waals surface area contributed by atoms with Gasteiger partial charge >= 0.3 is 0 Å². The second-order valence-corrected chi connectivity index (χ2v) is 9.31. The standard InChI is InChI=1S/C29H29N5O4/c1-18-7-6-10-25-32-22(17-34(18)25)27(35)31-21-13-11-19(12-14-21)23-15-16-24(38-23)28(36)33-26(29(37)30-2)20-8-4-3-5-9-20/h4,6-8,10-17,20,26H,3,5,9H2,1-2H3,(H,30,37)(H,31,35)(H,33,36)/t20?,26-/m0/s1. The number of benzene rings is 1. The lowest BCUT2D eigenvalue weighted by Gasteiger charge is -2.26. The van der Waals surface area contributed by atoms with E-state index in [-0.39, 0.29) is 23.5 Å². The van der Waals surface area contributed by atoms with Crippen LogP contribution in [0.25, 0.3) is 17.0 Å². The number of imidazole rings is 1. The van der Waals surface area contributed by atoms with Crippen molar-refractivity contribution in [3.05, 3.63) is 90.1 Å². The normalized spacial score (nSPS) is 15.7. The Morgan fingerprint density at radius 1 is 1.05 bits per heavy atom. The van der Waals surface area contributed by atoms with Crippen LogP contribution in [0.15, 0.2) is 77.4 Å². The van der Waals surface area contributed by atoms with E-state index in [2.05, 4.69) is 20.9 Å². The van der Waals surface area contributed by atoms with Crippen molar-refractivity contribution in [3.8, 4) is 11.3 Å². The van der Waals surface area contributed by atoms with Crippen LogP contribution in [0.2, 0.25) is 0 Å². The molecule has 3 amide bonds. The maximum Gasteiger partial charge on any atom is 0.287 e. The van der Waals surface area contributed by atoms with Gasteiger partial charge in [-0.25, -0.2) is 4.98 Å². The van der Waals surface area contributed by atoms with E-state index in [0.717, 1.165) is 30.5 Å². The molecule has 3 N–H and O–H groups in total. The summed E-state index contributed by atoms with van der Waals surface area (Å²) < 4.78 is 7.67. The molecule has 0 saturated carbocycles. The molecule has 1 unspecified atom stereocenters. The highest BCUT2D eigenvalue weighted by Gasteiger charge is 2.29. The molecule has 9 heteroatoms. The average molecular weight is 512 g/mol. The molecular weight excluding hydrogens is 482 g/mol. The number of pyridine rings is 1. The van der Waals surface area contributed by atoms with Crippen LogP contribution in [-0.2, 0) is 4.79 Å². The number of likely N-dealkylation sites (N-methyl/N-ethyl adjacent to an activating group) is 1. The van der Waals surface area contributed by atoms with Crippen molar-refractivity contribution in [2.45, 2.75) is 32.2 Å². The molecule has 0 bridgehead atoms. The first-order valence-electron chi connectivity index (χ1n) is 12.6. The van der Waals surface area contributed by atoms with Gasteiger partial charge in [-0.05, 0) is 74.7 Å². The lowest BCUT2D eigenvalue weighted by atomic mass is 9.88. The molecule has 3 heterocycles. The van der Waals surface area contributed by atoms with Gasteiger partial charge in [0.1, 0.15) is 23.1 Å². The fourth-order valence-electron chi connectivity index (χ4n) is 4.64. The number of fused-ring (bicyclic) bond motifs is 1. The Labute approximate surface area is 219 Å². The highest BCUT2D eigenvalue weighted by atomic mass is 16.4. The summed E-state index contributed by atoms with van der Waals surface area (Å²) in [5.41, 5.74) is 3.36. The number of hydrogen-bond acceptors (Lipinski definition) is 5. The first kappa shape index (κ1) is 25.0. The number of aromatic nitrogens is 2. The number of nitrogens with zero attached hydrogens (tertiary/aromatic N) is 2. The second-order valence-electron chi connectivity index (χ2n) is 9.31. The maximum absolute atomic E-state index is 12.9. The van der Waals surface area contributed by atoms with Gasteiger partial charge in [-0.3, -0.25) is 14.4 Å². The minimum atomic E-state index is -0.669. The smallest absolute Gasteiger partial charge is 0.287 e. The molecular formula is C29H29N5O4. The lowest BCUT2D eigenvalue weighted by molar-refractivity contribution is -0.123. The Morgan fingerprint density at radius 3 is 2.58 bits per heavy atom. The molecule has 0 fully saturated rings. The van der Waals surface area contributed by atoms with Crippen molar-refractivity contribution >= 4 is 29.1 Å². The number of furan rings is 1. The number of carbonyl (C=O) groups excluding carboxylic acids is 3. The average Bonchev–Trinajstić information content (AvgIpc) is 3.61. The van der Waals surface area contributed by atoms with Crippen molar-refractivity contribution < 1.29 is 18.8 Å². The Balaban J connectivity index is 1.25. The van der Waals surface area contributed by atoms with Crippen molar-refractivity contribution in [2.24, 2.45) is 5.92 Å². The van der Waals surface area contributed by atoms with Crippen LogP contribution < -0.4 is 16.0 Å². The molecule has 0 saturated heterocycles. The summed E-state index contributed by atoms with van der Waals surface area (Å²) in [6.45, 7) is 1.95. The third-order valence-corrected chi connectivity index (χ3v) is 6.72. The monoisotopic (exact) mass is 511 g/mol. The molecule has 1 aliphatic carbocycles. The van der Waals surface area contributed by atoms with Crippen molar-refractivity contribution in [1.82, 2.24) is 20.0 Å². The van der Waals surface area contributed by atoms with Crippen LogP contribution in [0.5, 0.6) is 0 Å². The highest BCUT2D eigenvalue weighted by Crippen LogP contribution is 2.25. The summed E-state index contributed by atoms with van der Waals surface area (Å²) in [6.07, 6.45) is 8.54. The van der Waals surface area contributed by atoms with Gasteiger partial charge in [0.2, 0.25) is 5.91 Å².